The van der Waals surface area contributed by atoms with Crippen LogP contribution in [-0.4, -0.2) is 23.6 Å². The highest BCUT2D eigenvalue weighted by atomic mass is 16.5. The van der Waals surface area contributed by atoms with Crippen LogP contribution in [0.2, 0.25) is 0 Å². The minimum atomic E-state index is -0.307. The highest BCUT2D eigenvalue weighted by molar-refractivity contribution is 5.99. The predicted molar refractivity (Wildman–Crippen MR) is 88.3 cm³/mol. The van der Waals surface area contributed by atoms with Crippen molar-refractivity contribution in [1.82, 2.24) is 4.98 Å². The van der Waals surface area contributed by atoms with Gasteiger partial charge in [-0.25, -0.2) is 9.78 Å². The van der Waals surface area contributed by atoms with Crippen LogP contribution in [0.15, 0.2) is 24.3 Å². The van der Waals surface area contributed by atoms with Crippen molar-refractivity contribution in [2.24, 2.45) is 0 Å². The monoisotopic (exact) mass is 298 g/mol. The molecule has 4 nitrogen and oxygen atoms in total. The van der Waals surface area contributed by atoms with Gasteiger partial charge in [-0.3, -0.25) is 0 Å². The van der Waals surface area contributed by atoms with Crippen molar-refractivity contribution in [3.63, 3.8) is 0 Å². The van der Waals surface area contributed by atoms with Gasteiger partial charge in [0.25, 0.3) is 0 Å². The number of esters is 1. The molecule has 0 spiro atoms. The molecule has 1 fully saturated rings. The van der Waals surface area contributed by atoms with E-state index in [0.717, 1.165) is 29.3 Å². The van der Waals surface area contributed by atoms with E-state index in [0.29, 0.717) is 24.0 Å². The van der Waals surface area contributed by atoms with Crippen LogP contribution >= 0.6 is 0 Å². The molecule has 0 unspecified atom stereocenters. The molecule has 4 heteroatoms. The van der Waals surface area contributed by atoms with Gasteiger partial charge in [-0.05, 0) is 38.3 Å². The van der Waals surface area contributed by atoms with Gasteiger partial charge < -0.3 is 10.1 Å². The number of aromatic nitrogens is 1. The molecular formula is C18H22N2O2. The number of carbonyl (C=O) groups is 1. The van der Waals surface area contributed by atoms with Crippen molar-refractivity contribution in [2.75, 3.05) is 11.9 Å². The molecule has 0 amide bonds. The zero-order valence-electron chi connectivity index (χ0n) is 13.2. The number of aryl methyl sites for hydroxylation is 1. The number of carbonyl (C=O) groups excluding carboxylic acids is 1. The first-order valence-corrected chi connectivity index (χ1v) is 8.03. The molecule has 0 bridgehead atoms. The van der Waals surface area contributed by atoms with Crippen LogP contribution in [0.25, 0.3) is 10.9 Å². The average Bonchev–Trinajstić information content (AvgIpc) is 3.01. The average molecular weight is 298 g/mol. The number of hydrogen-bond donors (Lipinski definition) is 1. The van der Waals surface area contributed by atoms with Crippen molar-refractivity contribution in [2.45, 2.75) is 45.6 Å². The van der Waals surface area contributed by atoms with Gasteiger partial charge >= 0.3 is 5.97 Å². The van der Waals surface area contributed by atoms with Crippen molar-refractivity contribution in [1.29, 1.82) is 0 Å². The number of nitrogens with zero attached hydrogens (tertiary/aromatic N) is 1. The van der Waals surface area contributed by atoms with E-state index in [1.165, 1.54) is 12.8 Å². The van der Waals surface area contributed by atoms with Crippen LogP contribution in [0.1, 0.15) is 48.5 Å². The lowest BCUT2D eigenvalue weighted by Gasteiger charge is -2.17. The molecule has 1 aromatic carbocycles. The summed E-state index contributed by atoms with van der Waals surface area (Å²) in [6.45, 7) is 4.23. The Hall–Kier alpha value is -2.10. The van der Waals surface area contributed by atoms with E-state index in [1.54, 1.807) is 0 Å². The summed E-state index contributed by atoms with van der Waals surface area (Å²) in [6.07, 6.45) is 4.74. The number of ether oxygens (including phenoxy) is 1. The number of benzene rings is 1. The van der Waals surface area contributed by atoms with Crippen molar-refractivity contribution in [3.8, 4) is 0 Å². The lowest BCUT2D eigenvalue weighted by atomic mass is 10.1. The van der Waals surface area contributed by atoms with Gasteiger partial charge in [-0.2, -0.15) is 0 Å². The fraction of sp³-hybridized carbons (Fsp3) is 0.444. The van der Waals surface area contributed by atoms with Crippen LogP contribution in [0.3, 0.4) is 0 Å². The maximum absolute atomic E-state index is 12.3. The van der Waals surface area contributed by atoms with Gasteiger partial charge in [0.2, 0.25) is 0 Å². The Morgan fingerprint density at radius 2 is 2.14 bits per heavy atom. The normalized spacial score (nSPS) is 15.2. The van der Waals surface area contributed by atoms with E-state index in [4.69, 9.17) is 9.72 Å². The molecule has 0 aliphatic heterocycles. The third-order valence-electron chi connectivity index (χ3n) is 4.24. The Labute approximate surface area is 130 Å². The fourth-order valence-corrected chi connectivity index (χ4v) is 3.08. The summed E-state index contributed by atoms with van der Waals surface area (Å²) in [5.41, 5.74) is 2.59. The molecule has 1 aliphatic carbocycles. The first-order chi connectivity index (χ1) is 10.7. The zero-order valence-corrected chi connectivity index (χ0v) is 13.2. The minimum Gasteiger partial charge on any atom is -0.462 e. The number of fused-ring (bicyclic) bond motifs is 1. The van der Waals surface area contributed by atoms with Gasteiger partial charge in [0.05, 0.1) is 12.1 Å². The summed E-state index contributed by atoms with van der Waals surface area (Å²) >= 11 is 0. The second kappa shape index (κ2) is 6.34. The molecule has 116 valence electrons. The van der Waals surface area contributed by atoms with Crippen LogP contribution < -0.4 is 5.32 Å². The molecule has 1 saturated carbocycles. The molecule has 2 aromatic rings. The molecular weight excluding hydrogens is 276 g/mol. The topological polar surface area (TPSA) is 51.2 Å². The van der Waals surface area contributed by atoms with Crippen LogP contribution in [0, 0.1) is 6.92 Å². The molecule has 1 aliphatic rings. The minimum absolute atomic E-state index is 0.307. The van der Waals surface area contributed by atoms with E-state index in [2.05, 4.69) is 5.32 Å². The molecule has 0 saturated heterocycles. The smallest absolute Gasteiger partial charge is 0.341 e. The predicted octanol–water partition coefficient (Wildman–Crippen LogP) is 4.07. The lowest BCUT2D eigenvalue weighted by Crippen LogP contribution is -2.19. The summed E-state index contributed by atoms with van der Waals surface area (Å²) in [7, 11) is 0. The second-order valence-corrected chi connectivity index (χ2v) is 5.88. The lowest BCUT2D eigenvalue weighted by molar-refractivity contribution is 0.0527. The van der Waals surface area contributed by atoms with Gasteiger partial charge in [-0.1, -0.05) is 31.0 Å². The maximum Gasteiger partial charge on any atom is 0.341 e. The number of nitrogens with one attached hydrogen (secondary N) is 1. The number of pyridine rings is 1. The Morgan fingerprint density at radius 3 is 2.86 bits per heavy atom. The summed E-state index contributed by atoms with van der Waals surface area (Å²) < 4.78 is 5.19. The highest BCUT2D eigenvalue weighted by Gasteiger charge is 2.21. The fourth-order valence-electron chi connectivity index (χ4n) is 3.08. The molecule has 1 heterocycles. The Kier molecular flexibility index (Phi) is 4.27. The van der Waals surface area contributed by atoms with Crippen LogP contribution in [0.4, 0.5) is 5.82 Å². The molecule has 1 aromatic heterocycles. The third kappa shape index (κ3) is 2.91. The van der Waals surface area contributed by atoms with E-state index < -0.39 is 0 Å². The first-order valence-electron chi connectivity index (χ1n) is 8.03. The van der Waals surface area contributed by atoms with E-state index in [-0.39, 0.29) is 5.97 Å². The van der Waals surface area contributed by atoms with Crippen LogP contribution in [-0.2, 0) is 4.74 Å². The SMILES string of the molecule is CCOC(=O)c1cc2cccc(C)c2nc1NC1CCCC1. The second-order valence-electron chi connectivity index (χ2n) is 5.88. The summed E-state index contributed by atoms with van der Waals surface area (Å²) in [6, 6.07) is 8.31. The number of para-hydroxylation sites is 1. The first kappa shape index (κ1) is 14.8. The summed E-state index contributed by atoms with van der Waals surface area (Å²) in [5, 5.41) is 4.43. The van der Waals surface area contributed by atoms with E-state index in [9.17, 15) is 4.79 Å². The van der Waals surface area contributed by atoms with Crippen molar-refractivity contribution >= 4 is 22.7 Å². The molecule has 0 radical (unpaired) electrons. The van der Waals surface area contributed by atoms with Gasteiger partial charge in [-0.15, -0.1) is 0 Å². The molecule has 1 N–H and O–H groups in total. The molecule has 0 atom stereocenters. The third-order valence-corrected chi connectivity index (χ3v) is 4.24. The Morgan fingerprint density at radius 1 is 1.36 bits per heavy atom. The summed E-state index contributed by atoms with van der Waals surface area (Å²) in [5.74, 6) is 0.353. The zero-order chi connectivity index (χ0) is 15.5. The quantitative estimate of drug-likeness (QED) is 0.864. The van der Waals surface area contributed by atoms with E-state index in [1.807, 2.05) is 38.1 Å². The van der Waals surface area contributed by atoms with Crippen LogP contribution in [0.5, 0.6) is 0 Å². The Balaban J connectivity index is 2.05. The largest absolute Gasteiger partial charge is 0.462 e. The van der Waals surface area contributed by atoms with Crippen molar-refractivity contribution in [3.05, 3.63) is 35.4 Å². The van der Waals surface area contributed by atoms with Gasteiger partial charge in [0.1, 0.15) is 11.4 Å². The standard InChI is InChI=1S/C18H22N2O2/c1-3-22-18(21)15-11-13-8-6-7-12(2)16(13)20-17(15)19-14-9-4-5-10-14/h6-8,11,14H,3-5,9-10H2,1-2H3,(H,19,20). The Bertz CT molecular complexity index is 691. The van der Waals surface area contributed by atoms with Gasteiger partial charge in [0.15, 0.2) is 0 Å². The van der Waals surface area contributed by atoms with E-state index >= 15 is 0 Å². The summed E-state index contributed by atoms with van der Waals surface area (Å²) in [4.78, 5) is 17.0. The number of hydrogen-bond acceptors (Lipinski definition) is 4. The highest BCUT2D eigenvalue weighted by Crippen LogP contribution is 2.27. The van der Waals surface area contributed by atoms with Crippen molar-refractivity contribution < 1.29 is 9.53 Å². The molecule has 22 heavy (non-hydrogen) atoms. The number of rotatable bonds is 4. The van der Waals surface area contributed by atoms with Gasteiger partial charge in [0, 0.05) is 11.4 Å². The molecule has 3 rings (SSSR count). The number of anilines is 1. The maximum atomic E-state index is 12.3.